The number of amides is 2. The molecular formula is C17H17N5O4. The molecule has 134 valence electrons. The second kappa shape index (κ2) is 7.53. The Morgan fingerprint density at radius 3 is 1.85 bits per heavy atom. The maximum Gasteiger partial charge on any atom is 0.431 e. The van der Waals surface area contributed by atoms with Gasteiger partial charge >= 0.3 is 12.2 Å². The summed E-state index contributed by atoms with van der Waals surface area (Å²) in [5.74, 6) is 0. The number of hydrogen-bond donors (Lipinski definition) is 2. The second-order valence-corrected chi connectivity index (χ2v) is 5.39. The van der Waals surface area contributed by atoms with E-state index in [4.69, 9.17) is 0 Å². The lowest BCUT2D eigenvalue weighted by molar-refractivity contribution is 0.127. The fraction of sp³-hybridized carbons (Fsp3) is 0.118. The van der Waals surface area contributed by atoms with Crippen LogP contribution in [0.15, 0.2) is 65.7 Å². The standard InChI is InChI=1S/C17H17N5O4/c23-16(24)21(14-7-3-1-4-8-14)19-11-18-12-20(13-19)22(17(25)26)15-9-5-2-6-10-15/h1-11H,12-13H2,(H,23,24)(H,25,26). The molecular weight excluding hydrogens is 338 g/mol. The van der Waals surface area contributed by atoms with Crippen molar-refractivity contribution in [3.8, 4) is 0 Å². The molecule has 0 radical (unpaired) electrons. The van der Waals surface area contributed by atoms with Gasteiger partial charge in [0.05, 0.1) is 11.4 Å². The fourth-order valence-corrected chi connectivity index (χ4v) is 2.62. The molecule has 2 aromatic carbocycles. The van der Waals surface area contributed by atoms with Crippen molar-refractivity contribution in [1.29, 1.82) is 0 Å². The molecule has 0 aliphatic carbocycles. The molecule has 3 rings (SSSR count). The van der Waals surface area contributed by atoms with E-state index in [0.717, 1.165) is 10.0 Å². The van der Waals surface area contributed by atoms with Crippen LogP contribution < -0.4 is 10.0 Å². The minimum absolute atomic E-state index is 0.00805. The van der Waals surface area contributed by atoms with Crippen LogP contribution in [0, 0.1) is 0 Å². The van der Waals surface area contributed by atoms with Crippen molar-refractivity contribution in [1.82, 2.24) is 10.0 Å². The maximum absolute atomic E-state index is 11.8. The lowest BCUT2D eigenvalue weighted by Crippen LogP contribution is -2.58. The highest BCUT2D eigenvalue weighted by Crippen LogP contribution is 2.21. The van der Waals surface area contributed by atoms with Gasteiger partial charge in [-0.05, 0) is 24.3 Å². The molecule has 9 heteroatoms. The van der Waals surface area contributed by atoms with Crippen LogP contribution in [0.4, 0.5) is 21.0 Å². The van der Waals surface area contributed by atoms with Crippen molar-refractivity contribution < 1.29 is 19.8 Å². The molecule has 0 unspecified atom stereocenters. The summed E-state index contributed by atoms with van der Waals surface area (Å²) < 4.78 is 0. The van der Waals surface area contributed by atoms with Crippen LogP contribution in [0.25, 0.3) is 0 Å². The van der Waals surface area contributed by atoms with Crippen LogP contribution >= 0.6 is 0 Å². The SMILES string of the molecule is O=C(O)N(c1ccccc1)N1C=NCN(N(C(=O)O)c2ccccc2)C1. The second-order valence-electron chi connectivity index (χ2n) is 5.39. The van der Waals surface area contributed by atoms with Gasteiger partial charge in [0, 0.05) is 0 Å². The predicted molar refractivity (Wildman–Crippen MR) is 95.8 cm³/mol. The molecule has 1 heterocycles. The number of carboxylic acid groups (broad SMARTS) is 2. The van der Waals surface area contributed by atoms with E-state index in [0.29, 0.717) is 11.4 Å². The van der Waals surface area contributed by atoms with E-state index in [9.17, 15) is 19.8 Å². The Morgan fingerprint density at radius 2 is 1.35 bits per heavy atom. The Labute approximate surface area is 149 Å². The molecule has 9 nitrogen and oxygen atoms in total. The Morgan fingerprint density at radius 1 is 0.846 bits per heavy atom. The zero-order valence-corrected chi connectivity index (χ0v) is 13.7. The summed E-state index contributed by atoms with van der Waals surface area (Å²) in [6.07, 6.45) is -1.01. The first-order valence-electron chi connectivity index (χ1n) is 7.75. The van der Waals surface area contributed by atoms with Gasteiger partial charge in [0.15, 0.2) is 0 Å². The number of anilines is 2. The summed E-state index contributed by atoms with van der Waals surface area (Å²) in [5.41, 5.74) is 0.869. The molecule has 2 N–H and O–H groups in total. The summed E-state index contributed by atoms with van der Waals surface area (Å²) in [4.78, 5) is 27.6. The molecule has 0 spiro atoms. The van der Waals surface area contributed by atoms with Gasteiger partial charge < -0.3 is 10.2 Å². The van der Waals surface area contributed by atoms with Gasteiger partial charge in [0.2, 0.25) is 0 Å². The molecule has 0 atom stereocenters. The van der Waals surface area contributed by atoms with E-state index in [-0.39, 0.29) is 13.3 Å². The maximum atomic E-state index is 11.8. The van der Waals surface area contributed by atoms with Crippen molar-refractivity contribution in [3.05, 3.63) is 60.7 Å². The minimum Gasteiger partial charge on any atom is -0.464 e. The highest BCUT2D eigenvalue weighted by atomic mass is 16.4. The third kappa shape index (κ3) is 3.57. The molecule has 0 bridgehead atoms. The number of rotatable bonds is 4. The Balaban J connectivity index is 1.88. The van der Waals surface area contributed by atoms with Gasteiger partial charge in [-0.25, -0.2) is 19.6 Å². The smallest absolute Gasteiger partial charge is 0.431 e. The highest BCUT2D eigenvalue weighted by Gasteiger charge is 2.30. The van der Waals surface area contributed by atoms with Gasteiger partial charge in [-0.2, -0.15) is 10.0 Å². The van der Waals surface area contributed by atoms with Gasteiger partial charge in [-0.3, -0.25) is 4.99 Å². The van der Waals surface area contributed by atoms with E-state index in [1.165, 1.54) is 16.4 Å². The first-order chi connectivity index (χ1) is 12.6. The number of nitrogens with zero attached hydrogens (tertiary/aromatic N) is 5. The third-order valence-electron chi connectivity index (χ3n) is 3.67. The van der Waals surface area contributed by atoms with E-state index in [2.05, 4.69) is 4.99 Å². The molecule has 1 aliphatic heterocycles. The molecule has 1 aliphatic rings. The predicted octanol–water partition coefficient (Wildman–Crippen LogP) is 2.75. The van der Waals surface area contributed by atoms with Crippen molar-refractivity contribution in [2.75, 3.05) is 23.4 Å². The Kier molecular flexibility index (Phi) is 4.99. The lowest BCUT2D eigenvalue weighted by atomic mass is 10.3. The Hall–Kier alpha value is -3.59. The third-order valence-corrected chi connectivity index (χ3v) is 3.67. The number of para-hydroxylation sites is 2. The number of aliphatic imine (C=N–C) groups is 1. The largest absolute Gasteiger partial charge is 0.464 e. The molecule has 0 fully saturated rings. The zero-order chi connectivity index (χ0) is 18.5. The molecule has 2 aromatic rings. The van der Waals surface area contributed by atoms with Crippen LogP contribution in [-0.2, 0) is 0 Å². The van der Waals surface area contributed by atoms with Crippen molar-refractivity contribution >= 4 is 29.9 Å². The van der Waals surface area contributed by atoms with E-state index >= 15 is 0 Å². The minimum atomic E-state index is -1.20. The van der Waals surface area contributed by atoms with E-state index in [1.807, 2.05) is 0 Å². The average molecular weight is 355 g/mol. The molecule has 26 heavy (non-hydrogen) atoms. The summed E-state index contributed by atoms with van der Waals surface area (Å²) in [5, 5.41) is 24.0. The van der Waals surface area contributed by atoms with Gasteiger partial charge in [-0.1, -0.05) is 36.4 Å². The molecule has 0 saturated heterocycles. The summed E-state index contributed by atoms with van der Waals surface area (Å²) >= 11 is 0. The van der Waals surface area contributed by atoms with Crippen LogP contribution in [-0.4, -0.2) is 52.1 Å². The first-order valence-corrected chi connectivity index (χ1v) is 7.75. The zero-order valence-electron chi connectivity index (χ0n) is 13.7. The van der Waals surface area contributed by atoms with Gasteiger partial charge in [-0.15, -0.1) is 0 Å². The fourth-order valence-electron chi connectivity index (χ4n) is 2.62. The van der Waals surface area contributed by atoms with E-state index in [1.54, 1.807) is 60.7 Å². The van der Waals surface area contributed by atoms with Crippen LogP contribution in [0.5, 0.6) is 0 Å². The Bertz CT molecular complexity index is 799. The first kappa shape index (κ1) is 17.2. The molecule has 0 saturated carbocycles. The number of hydrogen-bond acceptors (Lipinski definition) is 5. The number of benzene rings is 2. The normalized spacial score (nSPS) is 14.1. The molecule has 0 aromatic heterocycles. The number of carbonyl (C=O) groups is 2. The van der Waals surface area contributed by atoms with E-state index < -0.39 is 12.2 Å². The van der Waals surface area contributed by atoms with Crippen molar-refractivity contribution in [2.24, 2.45) is 4.99 Å². The van der Waals surface area contributed by atoms with Crippen LogP contribution in [0.3, 0.4) is 0 Å². The van der Waals surface area contributed by atoms with Crippen molar-refractivity contribution in [3.63, 3.8) is 0 Å². The van der Waals surface area contributed by atoms with Crippen LogP contribution in [0.2, 0.25) is 0 Å². The quantitative estimate of drug-likeness (QED) is 0.875. The van der Waals surface area contributed by atoms with Crippen LogP contribution in [0.1, 0.15) is 0 Å². The van der Waals surface area contributed by atoms with Gasteiger partial charge in [0.1, 0.15) is 19.7 Å². The average Bonchev–Trinajstić information content (AvgIpc) is 2.64. The summed E-state index contributed by atoms with van der Waals surface area (Å²) in [7, 11) is 0. The van der Waals surface area contributed by atoms with Gasteiger partial charge in [0.25, 0.3) is 0 Å². The highest BCUT2D eigenvalue weighted by molar-refractivity contribution is 5.88. The summed E-state index contributed by atoms with van der Waals surface area (Å²) in [6.45, 7) is 0.0752. The molecule has 2 amide bonds. The number of hydrazine groups is 2. The summed E-state index contributed by atoms with van der Waals surface area (Å²) in [6, 6.07) is 17.1. The topological polar surface area (TPSA) is 99.9 Å². The lowest BCUT2D eigenvalue weighted by Gasteiger charge is -2.40. The van der Waals surface area contributed by atoms with Crippen molar-refractivity contribution in [2.45, 2.75) is 0 Å². The monoisotopic (exact) mass is 355 g/mol.